The molecule has 19 heavy (non-hydrogen) atoms. The topological polar surface area (TPSA) is 72.5 Å². The highest BCUT2D eigenvalue weighted by Crippen LogP contribution is 2.06. The molecule has 0 aromatic heterocycles. The molecule has 0 saturated heterocycles. The first-order chi connectivity index (χ1) is 8.78. The third-order valence-corrected chi connectivity index (χ3v) is 2.08. The maximum absolute atomic E-state index is 11.6. The second-order valence-electron chi connectivity index (χ2n) is 5.04. The van der Waals surface area contributed by atoms with Gasteiger partial charge >= 0.3 is 6.09 Å². The fourth-order valence-electron chi connectivity index (χ4n) is 1.33. The van der Waals surface area contributed by atoms with Gasteiger partial charge in [-0.2, -0.15) is 0 Å². The Balaban J connectivity index is 2.50. The summed E-state index contributed by atoms with van der Waals surface area (Å²) in [5.41, 5.74) is -0.000770. The molecule has 1 N–H and O–H groups in total. The highest BCUT2D eigenvalue weighted by Gasteiger charge is 2.21. The molecule has 0 atom stereocenters. The van der Waals surface area contributed by atoms with Crippen molar-refractivity contribution in [2.75, 3.05) is 0 Å². The summed E-state index contributed by atoms with van der Waals surface area (Å²) >= 11 is 0. The molecule has 0 heterocycles. The smallest absolute Gasteiger partial charge is 0.414 e. The van der Waals surface area contributed by atoms with Crippen LogP contribution >= 0.6 is 0 Å². The zero-order valence-electron chi connectivity index (χ0n) is 11.2. The number of carbonyl (C=O) groups is 3. The van der Waals surface area contributed by atoms with Gasteiger partial charge in [0.25, 0.3) is 5.91 Å². The van der Waals surface area contributed by atoms with E-state index < -0.39 is 23.4 Å². The van der Waals surface area contributed by atoms with Crippen molar-refractivity contribution in [2.45, 2.75) is 32.8 Å². The number of alkyl carbamates (subject to hydrolysis) is 1. The van der Waals surface area contributed by atoms with E-state index in [1.165, 1.54) is 0 Å². The van der Waals surface area contributed by atoms with Crippen LogP contribution in [0.2, 0.25) is 0 Å². The lowest BCUT2D eigenvalue weighted by Gasteiger charge is -2.19. The normalized spacial score (nSPS) is 10.7. The van der Waals surface area contributed by atoms with Gasteiger partial charge in [0.2, 0.25) is 5.78 Å². The lowest BCUT2D eigenvalue weighted by Crippen LogP contribution is -2.40. The molecule has 1 aromatic carbocycles. The Labute approximate surface area is 111 Å². The van der Waals surface area contributed by atoms with Gasteiger partial charge in [-0.25, -0.2) is 4.79 Å². The monoisotopic (exact) mass is 263 g/mol. The Bertz CT molecular complexity index is 474. The molecule has 0 bridgehead atoms. The van der Waals surface area contributed by atoms with Crippen LogP contribution in [0.5, 0.6) is 0 Å². The number of Topliss-reactive ketones (excluding diaryl/α,β-unsaturated/α-hetero) is 1. The minimum Gasteiger partial charge on any atom is -0.444 e. The Hall–Kier alpha value is -2.17. The summed E-state index contributed by atoms with van der Waals surface area (Å²) in [4.78, 5) is 34.4. The molecule has 0 spiro atoms. The van der Waals surface area contributed by atoms with Gasteiger partial charge in [-0.3, -0.25) is 14.9 Å². The number of ketones is 1. The number of benzene rings is 1. The summed E-state index contributed by atoms with van der Waals surface area (Å²) in [5, 5.41) is 1.91. The van der Waals surface area contributed by atoms with Crippen LogP contribution in [0.15, 0.2) is 30.3 Å². The van der Waals surface area contributed by atoms with Crippen LogP contribution < -0.4 is 5.32 Å². The third kappa shape index (κ3) is 5.81. The highest BCUT2D eigenvalue weighted by atomic mass is 16.6. The minimum atomic E-state index is -0.960. The predicted molar refractivity (Wildman–Crippen MR) is 69.5 cm³/mol. The van der Waals surface area contributed by atoms with Gasteiger partial charge in [0.05, 0.1) is 0 Å². The quantitative estimate of drug-likeness (QED) is 0.845. The molecule has 1 rings (SSSR count). The summed E-state index contributed by atoms with van der Waals surface area (Å²) < 4.78 is 4.89. The lowest BCUT2D eigenvalue weighted by atomic mass is 10.1. The van der Waals surface area contributed by atoms with E-state index >= 15 is 0 Å². The van der Waals surface area contributed by atoms with Crippen LogP contribution in [0.4, 0.5) is 4.79 Å². The van der Waals surface area contributed by atoms with E-state index in [-0.39, 0.29) is 6.42 Å². The van der Waals surface area contributed by atoms with Crippen molar-refractivity contribution >= 4 is 17.8 Å². The number of ether oxygens (including phenoxy) is 1. The second-order valence-corrected chi connectivity index (χ2v) is 5.04. The third-order valence-electron chi connectivity index (χ3n) is 2.08. The van der Waals surface area contributed by atoms with Crippen molar-refractivity contribution < 1.29 is 19.1 Å². The van der Waals surface area contributed by atoms with Crippen LogP contribution in [0, 0.1) is 0 Å². The van der Waals surface area contributed by atoms with Gasteiger partial charge in [-0.1, -0.05) is 30.3 Å². The molecule has 102 valence electrons. The van der Waals surface area contributed by atoms with Gasteiger partial charge in [0.15, 0.2) is 0 Å². The number of carbonyl (C=O) groups excluding carboxylic acids is 3. The minimum absolute atomic E-state index is 0.0462. The van der Waals surface area contributed by atoms with Gasteiger partial charge in [-0.05, 0) is 26.3 Å². The van der Waals surface area contributed by atoms with E-state index in [1.54, 1.807) is 45.0 Å². The maximum atomic E-state index is 11.6. The van der Waals surface area contributed by atoms with E-state index in [0.29, 0.717) is 5.56 Å². The average Bonchev–Trinajstić information content (AvgIpc) is 2.27. The largest absolute Gasteiger partial charge is 0.444 e. The van der Waals surface area contributed by atoms with Gasteiger partial charge in [0, 0.05) is 6.42 Å². The Morgan fingerprint density at radius 3 is 2.21 bits per heavy atom. The zero-order chi connectivity index (χ0) is 14.5. The number of amides is 2. The molecule has 0 aliphatic heterocycles. The molecule has 5 heteroatoms. The van der Waals surface area contributed by atoms with E-state index in [1.807, 2.05) is 11.4 Å². The summed E-state index contributed by atoms with van der Waals surface area (Å²) in [6.45, 7) is 5.01. The van der Waals surface area contributed by atoms with Crippen LogP contribution in [0.1, 0.15) is 26.3 Å². The molecule has 1 aromatic rings. The van der Waals surface area contributed by atoms with E-state index in [2.05, 4.69) is 0 Å². The van der Waals surface area contributed by atoms with E-state index in [9.17, 15) is 14.4 Å². The summed E-state index contributed by atoms with van der Waals surface area (Å²) in [5.74, 6) is -1.64. The molecule has 2 amide bonds. The van der Waals surface area contributed by atoms with Crippen molar-refractivity contribution in [2.24, 2.45) is 0 Å². The summed E-state index contributed by atoms with van der Waals surface area (Å²) in [6.07, 6.45) is -0.964. The van der Waals surface area contributed by atoms with Gasteiger partial charge in [-0.15, -0.1) is 0 Å². The van der Waals surface area contributed by atoms with Crippen molar-refractivity contribution in [3.63, 3.8) is 0 Å². The predicted octanol–water partition coefficient (Wildman–Crippen LogP) is 1.85. The Kier molecular flexibility index (Phi) is 4.80. The van der Waals surface area contributed by atoms with Gasteiger partial charge < -0.3 is 4.74 Å². The van der Waals surface area contributed by atoms with Crippen molar-refractivity contribution in [1.29, 1.82) is 0 Å². The summed E-state index contributed by atoms with van der Waals surface area (Å²) in [6, 6.07) is 8.83. The number of nitrogens with one attached hydrogen (secondary N) is 1. The molecule has 0 aliphatic rings. The molecule has 0 fully saturated rings. The maximum Gasteiger partial charge on any atom is 0.414 e. The number of hydrogen-bond donors (Lipinski definition) is 1. The van der Waals surface area contributed by atoms with E-state index in [0.717, 1.165) is 0 Å². The molecule has 0 aliphatic carbocycles. The fraction of sp³-hybridized carbons (Fsp3) is 0.357. The molecular formula is C14H17NO4. The van der Waals surface area contributed by atoms with Crippen LogP contribution in [-0.4, -0.2) is 23.4 Å². The lowest BCUT2D eigenvalue weighted by molar-refractivity contribution is -0.137. The van der Waals surface area contributed by atoms with Crippen LogP contribution in [-0.2, 0) is 20.7 Å². The zero-order valence-corrected chi connectivity index (χ0v) is 11.2. The van der Waals surface area contributed by atoms with Crippen molar-refractivity contribution in [3.8, 4) is 0 Å². The average molecular weight is 263 g/mol. The molecule has 5 nitrogen and oxygen atoms in total. The van der Waals surface area contributed by atoms with E-state index in [4.69, 9.17) is 4.74 Å². The molecule has 0 saturated carbocycles. The second kappa shape index (κ2) is 6.13. The van der Waals surface area contributed by atoms with Crippen LogP contribution in [0.25, 0.3) is 0 Å². The first-order valence-electron chi connectivity index (χ1n) is 5.89. The standard InChI is InChI=1S/C14H17NO4/c1-14(2,3)19-13(18)15-12(17)11(16)9-10-7-5-4-6-8-10/h4-8H,9H2,1-3H3,(H,15,17,18). The van der Waals surface area contributed by atoms with Crippen molar-refractivity contribution in [3.05, 3.63) is 35.9 Å². The van der Waals surface area contributed by atoms with Crippen LogP contribution in [0.3, 0.4) is 0 Å². The molecule has 0 unspecified atom stereocenters. The number of rotatable bonds is 3. The Morgan fingerprint density at radius 1 is 1.11 bits per heavy atom. The van der Waals surface area contributed by atoms with Crippen molar-refractivity contribution in [1.82, 2.24) is 5.32 Å². The SMILES string of the molecule is CC(C)(C)OC(=O)NC(=O)C(=O)Cc1ccccc1. The molecular weight excluding hydrogens is 246 g/mol. The first kappa shape index (κ1) is 14.9. The number of imide groups is 1. The number of hydrogen-bond acceptors (Lipinski definition) is 4. The molecule has 0 radical (unpaired) electrons. The Morgan fingerprint density at radius 2 is 1.68 bits per heavy atom. The fourth-order valence-corrected chi connectivity index (χ4v) is 1.33. The summed E-state index contributed by atoms with van der Waals surface area (Å²) in [7, 11) is 0. The first-order valence-corrected chi connectivity index (χ1v) is 5.89. The highest BCUT2D eigenvalue weighted by molar-refractivity contribution is 6.38. The van der Waals surface area contributed by atoms with Gasteiger partial charge in [0.1, 0.15) is 5.60 Å².